The number of rotatable bonds is 1. The van der Waals surface area contributed by atoms with E-state index in [2.05, 4.69) is 0 Å². The number of nitrogens with two attached hydrogens (primary N) is 1. The average Bonchev–Trinajstić information content (AvgIpc) is 1.94. The molecule has 1 aliphatic rings. The van der Waals surface area contributed by atoms with Crippen LogP contribution in [0.25, 0.3) is 0 Å². The lowest BCUT2D eigenvalue weighted by molar-refractivity contribution is -0.419. The van der Waals surface area contributed by atoms with Gasteiger partial charge in [0.15, 0.2) is 4.33 Å². The van der Waals surface area contributed by atoms with Crippen molar-refractivity contribution in [2.45, 2.75) is 10.4 Å². The number of hydrogen-bond donors (Lipinski definition) is 1. The molecule has 0 saturated heterocycles. The van der Waals surface area contributed by atoms with E-state index >= 15 is 0 Å². The van der Waals surface area contributed by atoms with E-state index in [1.54, 1.807) is 0 Å². The van der Waals surface area contributed by atoms with Gasteiger partial charge in [-0.1, -0.05) is 29.3 Å². The number of halogens is 2. The van der Waals surface area contributed by atoms with Crippen molar-refractivity contribution in [1.29, 1.82) is 0 Å². The van der Waals surface area contributed by atoms with E-state index in [4.69, 9.17) is 28.9 Å². The van der Waals surface area contributed by atoms with Gasteiger partial charge in [-0.15, -0.1) is 0 Å². The molecule has 0 amide bonds. The largest absolute Gasteiger partial charge is 0.322 e. The summed E-state index contributed by atoms with van der Waals surface area (Å²) in [6.45, 7) is 0. The fourth-order valence-electron chi connectivity index (χ4n) is 0.786. The Hall–Kier alpha value is -0.580. The van der Waals surface area contributed by atoms with Gasteiger partial charge in [-0.05, 0) is 0 Å². The second kappa shape index (κ2) is 3.05. The van der Waals surface area contributed by atoms with E-state index in [9.17, 15) is 10.1 Å². The predicted molar refractivity (Wildman–Crippen MR) is 46.6 cm³/mol. The Morgan fingerprint density at radius 1 is 1.67 bits per heavy atom. The molecule has 66 valence electrons. The highest BCUT2D eigenvalue weighted by atomic mass is 35.5. The van der Waals surface area contributed by atoms with Crippen molar-refractivity contribution in [2.24, 2.45) is 5.73 Å². The Morgan fingerprint density at radius 2 is 2.25 bits per heavy atom. The number of allylic oxidation sites excluding steroid dienone is 1. The molecule has 0 bridgehead atoms. The molecule has 0 aromatic carbocycles. The maximum atomic E-state index is 10.3. The third-order valence-electron chi connectivity index (χ3n) is 1.47. The van der Waals surface area contributed by atoms with Gasteiger partial charge in [-0.3, -0.25) is 10.1 Å². The summed E-state index contributed by atoms with van der Waals surface area (Å²) in [6, 6.07) is -0.607. The highest BCUT2D eigenvalue weighted by Crippen LogP contribution is 2.31. The van der Waals surface area contributed by atoms with Crippen LogP contribution in [0.4, 0.5) is 0 Å². The highest BCUT2D eigenvalue weighted by molar-refractivity contribution is 6.50. The Kier molecular flexibility index (Phi) is 2.41. The van der Waals surface area contributed by atoms with Crippen molar-refractivity contribution in [3.05, 3.63) is 34.0 Å². The molecule has 2 N–H and O–H groups in total. The van der Waals surface area contributed by atoms with Crippen LogP contribution in [0.5, 0.6) is 0 Å². The van der Waals surface area contributed by atoms with Crippen molar-refractivity contribution in [1.82, 2.24) is 0 Å². The number of nitrogens with zero attached hydrogens (tertiary/aromatic N) is 1. The first-order chi connectivity index (χ1) is 5.43. The molecule has 1 atom stereocenters. The van der Waals surface area contributed by atoms with E-state index in [0.29, 0.717) is 0 Å². The smallest absolute Gasteiger partial charge is 0.268 e. The second-order valence-corrected chi connectivity index (χ2v) is 3.83. The molecule has 0 aliphatic heterocycles. The first kappa shape index (κ1) is 9.51. The van der Waals surface area contributed by atoms with E-state index in [0.717, 1.165) is 6.08 Å². The fraction of sp³-hybridized carbons (Fsp3) is 0.333. The molecule has 12 heavy (non-hydrogen) atoms. The van der Waals surface area contributed by atoms with Crippen LogP contribution in [-0.4, -0.2) is 15.3 Å². The van der Waals surface area contributed by atoms with Gasteiger partial charge >= 0.3 is 0 Å². The lowest BCUT2D eigenvalue weighted by Crippen LogP contribution is -2.38. The van der Waals surface area contributed by atoms with E-state index < -0.39 is 15.3 Å². The normalized spacial score (nSPS) is 26.6. The summed E-state index contributed by atoms with van der Waals surface area (Å²) in [6.07, 6.45) is 3.81. The Balaban J connectivity index is 2.97. The molecule has 1 rings (SSSR count). The molecular weight excluding hydrogens is 203 g/mol. The van der Waals surface area contributed by atoms with Crippen LogP contribution < -0.4 is 5.73 Å². The van der Waals surface area contributed by atoms with Gasteiger partial charge in [0.05, 0.1) is 11.0 Å². The van der Waals surface area contributed by atoms with Gasteiger partial charge in [-0.2, -0.15) is 0 Å². The third-order valence-corrected chi connectivity index (χ3v) is 2.19. The van der Waals surface area contributed by atoms with Crippen molar-refractivity contribution in [3.63, 3.8) is 0 Å². The standard InChI is InChI=1S/C6H6Cl2N2O2/c7-6(8)3-4(10(11)12)1-2-5(6)9/h1-3,5H,9H2. The molecular formula is C6H6Cl2N2O2. The fourth-order valence-corrected chi connectivity index (χ4v) is 1.15. The molecule has 1 unspecified atom stereocenters. The van der Waals surface area contributed by atoms with E-state index in [-0.39, 0.29) is 5.70 Å². The van der Waals surface area contributed by atoms with Crippen LogP contribution in [0.15, 0.2) is 23.9 Å². The molecule has 0 fully saturated rings. The molecule has 0 saturated carbocycles. The van der Waals surface area contributed by atoms with Crippen molar-refractivity contribution in [3.8, 4) is 0 Å². The third kappa shape index (κ3) is 1.77. The molecule has 0 heterocycles. The van der Waals surface area contributed by atoms with Crippen LogP contribution in [-0.2, 0) is 0 Å². The van der Waals surface area contributed by atoms with Gasteiger partial charge in [0.2, 0.25) is 0 Å². The topological polar surface area (TPSA) is 69.2 Å². The first-order valence-electron chi connectivity index (χ1n) is 3.12. The summed E-state index contributed by atoms with van der Waals surface area (Å²) in [4.78, 5) is 9.71. The maximum absolute atomic E-state index is 10.3. The quantitative estimate of drug-likeness (QED) is 0.401. The van der Waals surface area contributed by atoms with Crippen LogP contribution in [0.2, 0.25) is 0 Å². The molecule has 0 aromatic heterocycles. The highest BCUT2D eigenvalue weighted by Gasteiger charge is 2.34. The molecule has 1 aliphatic carbocycles. The Morgan fingerprint density at radius 3 is 2.67 bits per heavy atom. The van der Waals surface area contributed by atoms with Gasteiger partial charge in [0.1, 0.15) is 0 Å². The maximum Gasteiger partial charge on any atom is 0.268 e. The molecule has 0 spiro atoms. The predicted octanol–water partition coefficient (Wildman–Crippen LogP) is 1.22. The van der Waals surface area contributed by atoms with E-state index in [1.165, 1.54) is 12.2 Å². The van der Waals surface area contributed by atoms with Crippen LogP contribution >= 0.6 is 23.2 Å². The summed E-state index contributed by atoms with van der Waals surface area (Å²) in [5.41, 5.74) is 5.32. The zero-order valence-corrected chi connectivity index (χ0v) is 7.42. The van der Waals surface area contributed by atoms with Crippen LogP contribution in [0.3, 0.4) is 0 Å². The monoisotopic (exact) mass is 208 g/mol. The number of nitro groups is 1. The molecule has 0 aromatic rings. The first-order valence-corrected chi connectivity index (χ1v) is 3.88. The van der Waals surface area contributed by atoms with E-state index in [1.807, 2.05) is 0 Å². The lowest BCUT2D eigenvalue weighted by atomic mass is 10.1. The SMILES string of the molecule is NC1C=CC([N+](=O)[O-])=CC1(Cl)Cl. The van der Waals surface area contributed by atoms with Gasteiger partial charge in [0.25, 0.3) is 5.70 Å². The zero-order chi connectivity index (χ0) is 9.35. The van der Waals surface area contributed by atoms with Crippen LogP contribution in [0, 0.1) is 10.1 Å². The number of hydrogen-bond acceptors (Lipinski definition) is 3. The molecule has 6 heteroatoms. The average molecular weight is 209 g/mol. The second-order valence-electron chi connectivity index (χ2n) is 2.39. The minimum atomic E-state index is -1.38. The minimum absolute atomic E-state index is 0.137. The Bertz CT molecular complexity index is 273. The summed E-state index contributed by atoms with van der Waals surface area (Å²) in [7, 11) is 0. The van der Waals surface area contributed by atoms with Crippen molar-refractivity contribution >= 4 is 23.2 Å². The van der Waals surface area contributed by atoms with Gasteiger partial charge in [0, 0.05) is 12.2 Å². The summed E-state index contributed by atoms with van der Waals surface area (Å²) >= 11 is 11.3. The summed E-state index contributed by atoms with van der Waals surface area (Å²) in [5, 5.41) is 10.3. The van der Waals surface area contributed by atoms with Crippen molar-refractivity contribution in [2.75, 3.05) is 0 Å². The summed E-state index contributed by atoms with van der Waals surface area (Å²) < 4.78 is -1.38. The van der Waals surface area contributed by atoms with Crippen molar-refractivity contribution < 1.29 is 4.92 Å². The molecule has 0 radical (unpaired) electrons. The molecule has 4 nitrogen and oxygen atoms in total. The number of alkyl halides is 2. The van der Waals surface area contributed by atoms with Gasteiger partial charge in [-0.25, -0.2) is 0 Å². The summed E-state index contributed by atoms with van der Waals surface area (Å²) in [5.74, 6) is 0. The van der Waals surface area contributed by atoms with Gasteiger partial charge < -0.3 is 5.73 Å². The Labute approximate surface area is 78.8 Å². The van der Waals surface area contributed by atoms with Crippen LogP contribution in [0.1, 0.15) is 0 Å². The lowest BCUT2D eigenvalue weighted by Gasteiger charge is -2.22. The zero-order valence-electron chi connectivity index (χ0n) is 5.91. The minimum Gasteiger partial charge on any atom is -0.322 e.